The van der Waals surface area contributed by atoms with Crippen LogP contribution in [0.2, 0.25) is 0 Å². The van der Waals surface area contributed by atoms with Gasteiger partial charge in [-0.2, -0.15) is 0 Å². The van der Waals surface area contributed by atoms with Gasteiger partial charge in [0.1, 0.15) is 11.6 Å². The van der Waals surface area contributed by atoms with Crippen LogP contribution in [0.4, 0.5) is 4.39 Å². The first-order valence-corrected chi connectivity index (χ1v) is 4.96. The zero-order valence-corrected chi connectivity index (χ0v) is 7.95. The Balaban J connectivity index is 2.49. The Morgan fingerprint density at radius 1 is 1.62 bits per heavy atom. The van der Waals surface area contributed by atoms with Crippen LogP contribution < -0.4 is 0 Å². The van der Waals surface area contributed by atoms with Gasteiger partial charge in [-0.15, -0.1) is 11.8 Å². The fourth-order valence-corrected chi connectivity index (χ4v) is 2.15. The maximum absolute atomic E-state index is 13.0. The number of fused-ring (bicyclic) bond motifs is 1. The van der Waals surface area contributed by atoms with E-state index in [9.17, 15) is 9.18 Å². The van der Waals surface area contributed by atoms with Gasteiger partial charge in [0.05, 0.1) is 23.6 Å². The highest BCUT2D eigenvalue weighted by Gasteiger charge is 2.18. The Morgan fingerprint density at radius 2 is 2.38 bits per heavy atom. The molecule has 0 amide bonds. The fourth-order valence-electron chi connectivity index (χ4n) is 1.26. The van der Waals surface area contributed by atoms with Crippen LogP contribution in [0.5, 0.6) is 0 Å². The topological polar surface area (TPSA) is 30.0 Å². The van der Waals surface area contributed by atoms with Crippen molar-refractivity contribution in [3.8, 4) is 0 Å². The molecule has 0 saturated carbocycles. The number of rotatable bonds is 0. The van der Waals surface area contributed by atoms with E-state index < -0.39 is 0 Å². The highest BCUT2D eigenvalue weighted by molar-refractivity contribution is 8.00. The third-order valence-electron chi connectivity index (χ3n) is 1.94. The molecule has 68 valence electrons. The van der Waals surface area contributed by atoms with Gasteiger partial charge < -0.3 is 0 Å². The molecule has 0 N–H and O–H groups in total. The molecule has 1 aliphatic rings. The minimum atomic E-state index is -0.291. The van der Waals surface area contributed by atoms with Crippen molar-refractivity contribution in [1.29, 1.82) is 0 Å². The predicted molar refractivity (Wildman–Crippen MR) is 48.4 cm³/mol. The van der Waals surface area contributed by atoms with Gasteiger partial charge in [0.2, 0.25) is 0 Å². The summed E-state index contributed by atoms with van der Waals surface area (Å²) in [6.07, 6.45) is 0.351. The summed E-state index contributed by atoms with van der Waals surface area (Å²) in [6.45, 7) is 1.61. The molecule has 13 heavy (non-hydrogen) atoms. The Morgan fingerprint density at radius 3 is 3.15 bits per heavy atom. The molecule has 0 atom stereocenters. The van der Waals surface area contributed by atoms with Crippen molar-refractivity contribution in [2.24, 2.45) is 0 Å². The molecule has 2 heterocycles. The Bertz CT molecular complexity index is 378. The third-order valence-corrected chi connectivity index (χ3v) is 3.07. The minimum absolute atomic E-state index is 0.163. The normalized spacial score (nSPS) is 15.7. The number of hydrogen-bond donors (Lipinski definition) is 0. The number of carbonyl (C=O) groups excluding carboxylic acids is 1. The van der Waals surface area contributed by atoms with Gasteiger partial charge in [-0.25, -0.2) is 4.39 Å². The van der Waals surface area contributed by atoms with Crippen LogP contribution in [0.15, 0.2) is 11.0 Å². The number of ketones is 1. The molecule has 4 heteroatoms. The molecule has 0 unspecified atom stereocenters. The van der Waals surface area contributed by atoms with E-state index in [2.05, 4.69) is 4.98 Å². The van der Waals surface area contributed by atoms with Gasteiger partial charge in [0, 0.05) is 4.90 Å². The molecule has 1 aromatic heterocycles. The maximum atomic E-state index is 13.0. The number of pyridine rings is 1. The highest BCUT2D eigenvalue weighted by atomic mass is 32.2. The molecule has 0 saturated heterocycles. The zero-order valence-electron chi connectivity index (χ0n) is 7.13. The van der Waals surface area contributed by atoms with Gasteiger partial charge in [0.25, 0.3) is 0 Å². The summed E-state index contributed by atoms with van der Waals surface area (Å²) in [5.74, 6) is 0.314. The van der Waals surface area contributed by atoms with Crippen molar-refractivity contribution < 1.29 is 9.18 Å². The number of halogens is 1. The van der Waals surface area contributed by atoms with Gasteiger partial charge in [0.15, 0.2) is 0 Å². The summed E-state index contributed by atoms with van der Waals surface area (Å²) >= 11 is 1.37. The summed E-state index contributed by atoms with van der Waals surface area (Å²) in [6, 6.07) is 1.47. The number of aromatic nitrogens is 1. The summed E-state index contributed by atoms with van der Waals surface area (Å²) in [4.78, 5) is 15.9. The lowest BCUT2D eigenvalue weighted by Crippen LogP contribution is -2.14. The minimum Gasteiger partial charge on any atom is -0.298 e. The number of hydrogen-bond acceptors (Lipinski definition) is 3. The Hall–Kier alpha value is -0.900. The molecule has 0 radical (unpaired) electrons. The standard InChI is InChI=1S/C9H8FNOS/c1-5-7(10)3-9-8(11-5)2-6(12)4-13-9/h3H,2,4H2,1H3. The SMILES string of the molecule is Cc1nc2c(cc1F)SCC(=O)C2. The zero-order chi connectivity index (χ0) is 9.42. The Labute approximate surface area is 79.6 Å². The first-order valence-electron chi connectivity index (χ1n) is 3.97. The van der Waals surface area contributed by atoms with Crippen molar-refractivity contribution in [3.05, 3.63) is 23.3 Å². The van der Waals surface area contributed by atoms with E-state index in [0.29, 0.717) is 17.9 Å². The predicted octanol–water partition coefficient (Wildman–Crippen LogP) is 1.75. The number of thioether (sulfide) groups is 1. The van der Waals surface area contributed by atoms with Gasteiger partial charge >= 0.3 is 0 Å². The molecule has 0 aliphatic carbocycles. The van der Waals surface area contributed by atoms with Gasteiger partial charge in [-0.05, 0) is 13.0 Å². The number of nitrogens with zero attached hydrogens (tertiary/aromatic N) is 1. The van der Waals surface area contributed by atoms with Crippen molar-refractivity contribution in [1.82, 2.24) is 4.98 Å². The van der Waals surface area contributed by atoms with Crippen LogP contribution in [0.1, 0.15) is 11.4 Å². The molecule has 0 bridgehead atoms. The summed E-state index contributed by atoms with van der Waals surface area (Å²) < 4.78 is 13.0. The first-order chi connectivity index (χ1) is 6.16. The van der Waals surface area contributed by atoms with Crippen LogP contribution in [-0.4, -0.2) is 16.5 Å². The molecule has 0 fully saturated rings. The van der Waals surface area contributed by atoms with E-state index in [4.69, 9.17) is 0 Å². The molecular weight excluding hydrogens is 189 g/mol. The largest absolute Gasteiger partial charge is 0.298 e. The molecular formula is C9H8FNOS. The number of Topliss-reactive ketones (excluding diaryl/α,β-unsaturated/α-hetero) is 1. The van der Waals surface area contributed by atoms with Crippen molar-refractivity contribution >= 4 is 17.5 Å². The average Bonchev–Trinajstić information content (AvgIpc) is 2.08. The summed E-state index contributed by atoms with van der Waals surface area (Å²) in [7, 11) is 0. The van der Waals surface area contributed by atoms with Crippen molar-refractivity contribution in [2.45, 2.75) is 18.2 Å². The molecule has 2 nitrogen and oxygen atoms in total. The monoisotopic (exact) mass is 197 g/mol. The Kier molecular flexibility index (Phi) is 2.07. The molecule has 0 spiro atoms. The molecule has 0 aromatic carbocycles. The van der Waals surface area contributed by atoms with E-state index in [1.54, 1.807) is 6.92 Å². The second-order valence-electron chi connectivity index (χ2n) is 3.00. The smallest absolute Gasteiger partial charge is 0.149 e. The van der Waals surface area contributed by atoms with E-state index in [1.165, 1.54) is 17.8 Å². The van der Waals surface area contributed by atoms with Crippen molar-refractivity contribution in [3.63, 3.8) is 0 Å². The molecule has 1 aliphatic heterocycles. The van der Waals surface area contributed by atoms with E-state index in [1.807, 2.05) is 0 Å². The van der Waals surface area contributed by atoms with Gasteiger partial charge in [-0.1, -0.05) is 0 Å². The maximum Gasteiger partial charge on any atom is 0.149 e. The lowest BCUT2D eigenvalue weighted by atomic mass is 10.2. The van der Waals surface area contributed by atoms with Crippen molar-refractivity contribution in [2.75, 3.05) is 5.75 Å². The first kappa shape index (κ1) is 8.69. The number of carbonyl (C=O) groups is 1. The van der Waals surface area contributed by atoms with E-state index >= 15 is 0 Å². The van der Waals surface area contributed by atoms with E-state index in [0.717, 1.165) is 10.6 Å². The average molecular weight is 197 g/mol. The second-order valence-corrected chi connectivity index (χ2v) is 4.02. The number of aryl methyl sites for hydroxylation is 1. The molecule has 1 aromatic rings. The summed E-state index contributed by atoms with van der Waals surface area (Å²) in [5, 5.41) is 0. The van der Waals surface area contributed by atoms with E-state index in [-0.39, 0.29) is 11.6 Å². The van der Waals surface area contributed by atoms with Gasteiger partial charge in [-0.3, -0.25) is 9.78 Å². The fraction of sp³-hybridized carbons (Fsp3) is 0.333. The quantitative estimate of drug-likeness (QED) is 0.634. The lowest BCUT2D eigenvalue weighted by Gasteiger charge is -2.13. The summed E-state index contributed by atoms with van der Waals surface area (Å²) in [5.41, 5.74) is 1.09. The van der Waals surface area contributed by atoms with Crippen LogP contribution in [0, 0.1) is 12.7 Å². The third kappa shape index (κ3) is 1.58. The molecule has 2 rings (SSSR count). The highest BCUT2D eigenvalue weighted by Crippen LogP contribution is 2.28. The van der Waals surface area contributed by atoms with Crippen LogP contribution in [0.3, 0.4) is 0 Å². The van der Waals surface area contributed by atoms with Crippen LogP contribution in [0.25, 0.3) is 0 Å². The van der Waals surface area contributed by atoms with Crippen LogP contribution >= 0.6 is 11.8 Å². The lowest BCUT2D eigenvalue weighted by molar-refractivity contribution is -0.116. The second kappa shape index (κ2) is 3.10. The van der Waals surface area contributed by atoms with Crippen LogP contribution in [-0.2, 0) is 11.2 Å².